The van der Waals surface area contributed by atoms with E-state index in [0.717, 1.165) is 16.0 Å². The molecule has 0 aromatic carbocycles. The van der Waals surface area contributed by atoms with Gasteiger partial charge in [0.05, 0.1) is 0 Å². The molecule has 14 heavy (non-hydrogen) atoms. The first-order chi connectivity index (χ1) is 6.59. The third-order valence-electron chi connectivity index (χ3n) is 1.91. The maximum Gasteiger partial charge on any atom is 0.146 e. The smallest absolute Gasteiger partial charge is 0.146 e. The molecule has 1 N–H and O–H groups in total. The number of pyridine rings is 1. The molecule has 0 spiro atoms. The van der Waals surface area contributed by atoms with E-state index >= 15 is 0 Å². The molecule has 0 aliphatic heterocycles. The standard InChI is InChI=1S/C10H14BrN3/c1-7(2)8(3)13-14-10-5-4-9(11)6-12-10/h4-7H,1-3H3,(H,12,14)/b13-8+. The SMILES string of the molecule is C/C(=N\Nc1ccc(Br)cn1)C(C)C. The van der Waals surface area contributed by atoms with Crippen molar-refractivity contribution in [2.24, 2.45) is 11.0 Å². The lowest BCUT2D eigenvalue weighted by Gasteiger charge is -2.04. The highest BCUT2D eigenvalue weighted by atomic mass is 79.9. The summed E-state index contributed by atoms with van der Waals surface area (Å²) < 4.78 is 0.965. The first-order valence-electron chi connectivity index (χ1n) is 4.51. The number of hydrazone groups is 1. The van der Waals surface area contributed by atoms with Gasteiger partial charge in [-0.2, -0.15) is 5.10 Å². The predicted octanol–water partition coefficient (Wildman–Crippen LogP) is 3.29. The molecule has 76 valence electrons. The normalized spacial score (nSPS) is 11.9. The first kappa shape index (κ1) is 11.2. The van der Waals surface area contributed by atoms with Crippen LogP contribution in [0, 0.1) is 5.92 Å². The van der Waals surface area contributed by atoms with E-state index in [-0.39, 0.29) is 0 Å². The number of halogens is 1. The largest absolute Gasteiger partial charge is 0.261 e. The number of aromatic nitrogens is 1. The van der Waals surface area contributed by atoms with Crippen molar-refractivity contribution >= 4 is 27.5 Å². The molecule has 0 fully saturated rings. The maximum atomic E-state index is 4.21. The lowest BCUT2D eigenvalue weighted by Crippen LogP contribution is -2.05. The van der Waals surface area contributed by atoms with Crippen LogP contribution in [0.15, 0.2) is 27.9 Å². The zero-order chi connectivity index (χ0) is 10.6. The molecule has 1 heterocycles. The Labute approximate surface area is 92.8 Å². The quantitative estimate of drug-likeness (QED) is 0.665. The van der Waals surface area contributed by atoms with Crippen molar-refractivity contribution in [3.63, 3.8) is 0 Å². The van der Waals surface area contributed by atoms with Crippen LogP contribution in [0.5, 0.6) is 0 Å². The second kappa shape index (κ2) is 5.10. The Balaban J connectivity index is 2.62. The van der Waals surface area contributed by atoms with Gasteiger partial charge in [0.25, 0.3) is 0 Å². The molecule has 1 aromatic rings. The molecule has 1 aromatic heterocycles. The molecule has 3 nitrogen and oxygen atoms in total. The zero-order valence-corrected chi connectivity index (χ0v) is 10.2. The number of nitrogens with zero attached hydrogens (tertiary/aromatic N) is 2. The second-order valence-corrected chi connectivity index (χ2v) is 4.30. The summed E-state index contributed by atoms with van der Waals surface area (Å²) in [6.07, 6.45) is 1.74. The van der Waals surface area contributed by atoms with Gasteiger partial charge >= 0.3 is 0 Å². The summed E-state index contributed by atoms with van der Waals surface area (Å²) in [5, 5.41) is 4.21. The van der Waals surface area contributed by atoms with Crippen LogP contribution < -0.4 is 5.43 Å². The van der Waals surface area contributed by atoms with Crippen molar-refractivity contribution in [1.82, 2.24) is 4.98 Å². The van der Waals surface area contributed by atoms with E-state index in [4.69, 9.17) is 0 Å². The van der Waals surface area contributed by atoms with Crippen molar-refractivity contribution in [2.75, 3.05) is 5.43 Å². The Hall–Kier alpha value is -0.900. The minimum absolute atomic E-state index is 0.456. The highest BCUT2D eigenvalue weighted by Gasteiger charge is 1.97. The summed E-state index contributed by atoms with van der Waals surface area (Å²) in [6.45, 7) is 6.21. The minimum atomic E-state index is 0.456. The third-order valence-corrected chi connectivity index (χ3v) is 2.38. The second-order valence-electron chi connectivity index (χ2n) is 3.38. The van der Waals surface area contributed by atoms with Gasteiger partial charge in [0.1, 0.15) is 5.82 Å². The molecule has 0 unspecified atom stereocenters. The molecule has 4 heteroatoms. The van der Waals surface area contributed by atoms with Crippen molar-refractivity contribution in [2.45, 2.75) is 20.8 Å². The van der Waals surface area contributed by atoms with E-state index in [0.29, 0.717) is 5.92 Å². The molecule has 0 radical (unpaired) electrons. The van der Waals surface area contributed by atoms with Crippen LogP contribution in [-0.2, 0) is 0 Å². The van der Waals surface area contributed by atoms with E-state index in [9.17, 15) is 0 Å². The van der Waals surface area contributed by atoms with Crippen molar-refractivity contribution in [3.8, 4) is 0 Å². The van der Waals surface area contributed by atoms with E-state index in [2.05, 4.69) is 45.3 Å². The van der Waals surface area contributed by atoms with Gasteiger partial charge in [-0.1, -0.05) is 13.8 Å². The van der Waals surface area contributed by atoms with E-state index < -0.39 is 0 Å². The number of nitrogens with one attached hydrogen (secondary N) is 1. The monoisotopic (exact) mass is 255 g/mol. The number of anilines is 1. The summed E-state index contributed by atoms with van der Waals surface area (Å²) in [5.74, 6) is 1.21. The molecule has 0 saturated heterocycles. The average Bonchev–Trinajstić information content (AvgIpc) is 2.16. The third kappa shape index (κ3) is 3.46. The fourth-order valence-corrected chi connectivity index (χ4v) is 0.951. The van der Waals surface area contributed by atoms with Crippen LogP contribution in [0.1, 0.15) is 20.8 Å². The fraction of sp³-hybridized carbons (Fsp3) is 0.400. The fourth-order valence-electron chi connectivity index (χ4n) is 0.717. The van der Waals surface area contributed by atoms with Crippen LogP contribution in [0.2, 0.25) is 0 Å². The molecular weight excluding hydrogens is 242 g/mol. The molecule has 0 saturated carbocycles. The Morgan fingerprint density at radius 2 is 2.21 bits per heavy atom. The molecule has 0 aliphatic carbocycles. The van der Waals surface area contributed by atoms with Gasteiger partial charge in [0, 0.05) is 16.4 Å². The summed E-state index contributed by atoms with van der Waals surface area (Å²) >= 11 is 3.32. The number of hydrogen-bond donors (Lipinski definition) is 1. The minimum Gasteiger partial charge on any atom is -0.261 e. The lowest BCUT2D eigenvalue weighted by atomic mass is 10.1. The lowest BCUT2D eigenvalue weighted by molar-refractivity contribution is 0.874. The average molecular weight is 256 g/mol. The van der Waals surface area contributed by atoms with E-state index in [1.807, 2.05) is 19.1 Å². The maximum absolute atomic E-state index is 4.21. The van der Waals surface area contributed by atoms with Gasteiger partial charge < -0.3 is 0 Å². The highest BCUT2D eigenvalue weighted by Crippen LogP contribution is 2.10. The zero-order valence-electron chi connectivity index (χ0n) is 8.58. The van der Waals surface area contributed by atoms with Gasteiger partial charge in [-0.25, -0.2) is 4.98 Å². The Morgan fingerprint density at radius 3 is 2.71 bits per heavy atom. The highest BCUT2D eigenvalue weighted by molar-refractivity contribution is 9.10. The topological polar surface area (TPSA) is 37.3 Å². The van der Waals surface area contributed by atoms with Crippen molar-refractivity contribution in [3.05, 3.63) is 22.8 Å². The molecule has 0 aliphatic rings. The molecule has 0 atom stereocenters. The summed E-state index contributed by atoms with van der Waals surface area (Å²) in [5.41, 5.74) is 3.97. The van der Waals surface area contributed by atoms with Crippen molar-refractivity contribution < 1.29 is 0 Å². The summed E-state index contributed by atoms with van der Waals surface area (Å²) in [6, 6.07) is 3.80. The molecule has 0 amide bonds. The van der Waals surface area contributed by atoms with Crippen LogP contribution in [0.3, 0.4) is 0 Å². The Bertz CT molecular complexity index is 317. The van der Waals surface area contributed by atoms with Gasteiger partial charge in [-0.3, -0.25) is 5.43 Å². The number of hydrogen-bond acceptors (Lipinski definition) is 3. The van der Waals surface area contributed by atoms with E-state index in [1.165, 1.54) is 0 Å². The summed E-state index contributed by atoms with van der Waals surface area (Å²) in [4.78, 5) is 4.14. The van der Waals surface area contributed by atoms with Crippen LogP contribution in [0.25, 0.3) is 0 Å². The summed E-state index contributed by atoms with van der Waals surface area (Å²) in [7, 11) is 0. The van der Waals surface area contributed by atoms with Gasteiger partial charge in [-0.15, -0.1) is 0 Å². The van der Waals surface area contributed by atoms with Crippen molar-refractivity contribution in [1.29, 1.82) is 0 Å². The van der Waals surface area contributed by atoms with Gasteiger partial charge in [0.15, 0.2) is 0 Å². The Morgan fingerprint density at radius 1 is 1.50 bits per heavy atom. The Kier molecular flexibility index (Phi) is 4.07. The van der Waals surface area contributed by atoms with Crippen LogP contribution in [-0.4, -0.2) is 10.7 Å². The van der Waals surface area contributed by atoms with Gasteiger partial charge in [-0.05, 0) is 40.9 Å². The molecular formula is C10H14BrN3. The molecule has 0 bridgehead atoms. The van der Waals surface area contributed by atoms with Crippen LogP contribution in [0.4, 0.5) is 5.82 Å². The van der Waals surface area contributed by atoms with Crippen LogP contribution >= 0.6 is 15.9 Å². The predicted molar refractivity (Wildman–Crippen MR) is 63.5 cm³/mol. The number of rotatable bonds is 3. The van der Waals surface area contributed by atoms with E-state index in [1.54, 1.807) is 6.20 Å². The molecule has 1 rings (SSSR count). The first-order valence-corrected chi connectivity index (χ1v) is 5.30. The van der Waals surface area contributed by atoms with Gasteiger partial charge in [0.2, 0.25) is 0 Å².